The van der Waals surface area contributed by atoms with Gasteiger partial charge in [-0.3, -0.25) is 15.7 Å². The van der Waals surface area contributed by atoms with Gasteiger partial charge in [0.25, 0.3) is 0 Å². The van der Waals surface area contributed by atoms with Crippen LogP contribution in [0.2, 0.25) is 0 Å². The summed E-state index contributed by atoms with van der Waals surface area (Å²) in [7, 11) is 0. The third-order valence-electron chi connectivity index (χ3n) is 6.14. The SMILES string of the molecule is Cc1ccc2c(c1)Nc1ncccc1N(C(=N)c1ccc(C3(N)CCC3)cc1)C2=N. The van der Waals surface area contributed by atoms with Crippen LogP contribution in [0.15, 0.2) is 60.8 Å². The van der Waals surface area contributed by atoms with Crippen LogP contribution in [0, 0.1) is 17.7 Å². The van der Waals surface area contributed by atoms with Gasteiger partial charge in [-0.1, -0.05) is 30.3 Å². The van der Waals surface area contributed by atoms with Gasteiger partial charge >= 0.3 is 0 Å². The first-order chi connectivity index (χ1) is 14.5. The smallest absolute Gasteiger partial charge is 0.154 e. The summed E-state index contributed by atoms with van der Waals surface area (Å²) >= 11 is 0. The van der Waals surface area contributed by atoms with Crippen LogP contribution in [0.5, 0.6) is 0 Å². The molecule has 5 rings (SSSR count). The van der Waals surface area contributed by atoms with E-state index >= 15 is 0 Å². The zero-order chi connectivity index (χ0) is 20.9. The Kier molecular flexibility index (Phi) is 4.18. The van der Waals surface area contributed by atoms with Gasteiger partial charge in [0.05, 0.1) is 11.4 Å². The van der Waals surface area contributed by atoms with E-state index in [1.54, 1.807) is 11.1 Å². The molecule has 2 aliphatic rings. The first kappa shape index (κ1) is 18.5. The molecule has 6 nitrogen and oxygen atoms in total. The number of nitrogens with one attached hydrogen (secondary N) is 3. The number of aromatic nitrogens is 1. The molecule has 1 fully saturated rings. The number of aryl methyl sites for hydroxylation is 1. The molecule has 1 saturated carbocycles. The molecule has 1 aromatic heterocycles. The predicted octanol–water partition coefficient (Wildman–Crippen LogP) is 4.64. The van der Waals surface area contributed by atoms with Crippen molar-refractivity contribution in [3.05, 3.63) is 83.0 Å². The fourth-order valence-corrected chi connectivity index (χ4v) is 4.18. The van der Waals surface area contributed by atoms with E-state index in [4.69, 9.17) is 16.6 Å². The summed E-state index contributed by atoms with van der Waals surface area (Å²) in [5.74, 6) is 1.10. The van der Waals surface area contributed by atoms with Gasteiger partial charge in [0.1, 0.15) is 11.7 Å². The summed E-state index contributed by atoms with van der Waals surface area (Å²) in [6.07, 6.45) is 4.88. The summed E-state index contributed by atoms with van der Waals surface area (Å²) < 4.78 is 0. The van der Waals surface area contributed by atoms with Crippen LogP contribution in [0.4, 0.5) is 17.2 Å². The van der Waals surface area contributed by atoms with Crippen molar-refractivity contribution < 1.29 is 0 Å². The lowest BCUT2D eigenvalue weighted by Gasteiger charge is -2.38. The molecule has 0 amide bonds. The van der Waals surface area contributed by atoms with Crippen molar-refractivity contribution in [2.45, 2.75) is 31.7 Å². The van der Waals surface area contributed by atoms with Gasteiger partial charge in [0.2, 0.25) is 0 Å². The maximum absolute atomic E-state index is 8.95. The Bertz CT molecular complexity index is 1160. The van der Waals surface area contributed by atoms with Crippen LogP contribution in [0.3, 0.4) is 0 Å². The van der Waals surface area contributed by atoms with Gasteiger partial charge in [0.15, 0.2) is 5.82 Å². The minimum absolute atomic E-state index is 0.229. The first-order valence-electron chi connectivity index (χ1n) is 10.2. The van der Waals surface area contributed by atoms with Crippen molar-refractivity contribution in [2.75, 3.05) is 10.2 Å². The summed E-state index contributed by atoms with van der Waals surface area (Å²) in [6.45, 7) is 2.02. The van der Waals surface area contributed by atoms with Gasteiger partial charge in [0, 0.05) is 22.9 Å². The molecular formula is C24H24N6. The van der Waals surface area contributed by atoms with E-state index in [0.717, 1.165) is 47.2 Å². The van der Waals surface area contributed by atoms with E-state index < -0.39 is 0 Å². The zero-order valence-corrected chi connectivity index (χ0v) is 16.9. The largest absolute Gasteiger partial charge is 0.338 e. The Morgan fingerprint density at radius 1 is 1.13 bits per heavy atom. The van der Waals surface area contributed by atoms with Crippen LogP contribution in [-0.2, 0) is 5.54 Å². The van der Waals surface area contributed by atoms with Crippen LogP contribution in [0.1, 0.15) is 41.5 Å². The molecule has 30 heavy (non-hydrogen) atoms. The van der Waals surface area contributed by atoms with Crippen molar-refractivity contribution in [1.82, 2.24) is 4.98 Å². The zero-order valence-electron chi connectivity index (χ0n) is 16.9. The topological polar surface area (TPSA) is 102 Å². The average Bonchev–Trinajstić information content (AvgIpc) is 2.85. The van der Waals surface area contributed by atoms with E-state index in [0.29, 0.717) is 11.5 Å². The lowest BCUT2D eigenvalue weighted by atomic mass is 9.73. The minimum atomic E-state index is -0.229. The van der Waals surface area contributed by atoms with E-state index in [1.807, 2.05) is 61.5 Å². The van der Waals surface area contributed by atoms with E-state index in [1.165, 1.54) is 0 Å². The van der Waals surface area contributed by atoms with E-state index in [2.05, 4.69) is 10.3 Å². The van der Waals surface area contributed by atoms with Crippen LogP contribution in [-0.4, -0.2) is 16.7 Å². The Balaban J connectivity index is 1.57. The monoisotopic (exact) mass is 396 g/mol. The van der Waals surface area contributed by atoms with Gasteiger partial charge in [-0.25, -0.2) is 4.98 Å². The maximum atomic E-state index is 8.95. The van der Waals surface area contributed by atoms with Gasteiger partial charge in [-0.15, -0.1) is 0 Å². The molecular weight excluding hydrogens is 372 g/mol. The third-order valence-corrected chi connectivity index (χ3v) is 6.14. The lowest BCUT2D eigenvalue weighted by molar-refractivity contribution is 0.253. The molecule has 3 aromatic rings. The number of nitrogens with two attached hydrogens (primary N) is 1. The Hall–Kier alpha value is -3.51. The molecule has 0 saturated heterocycles. The van der Waals surface area contributed by atoms with Crippen LogP contribution in [0.25, 0.3) is 0 Å². The van der Waals surface area contributed by atoms with Crippen molar-refractivity contribution in [3.63, 3.8) is 0 Å². The van der Waals surface area contributed by atoms with Gasteiger partial charge in [-0.05, 0) is 61.6 Å². The molecule has 2 heterocycles. The number of hydrogen-bond acceptors (Lipinski definition) is 5. The number of rotatable bonds is 2. The lowest BCUT2D eigenvalue weighted by Crippen LogP contribution is -2.43. The fraction of sp³-hybridized carbons (Fsp3) is 0.208. The summed E-state index contributed by atoms with van der Waals surface area (Å²) in [6, 6.07) is 17.5. The Morgan fingerprint density at radius 2 is 1.90 bits per heavy atom. The fourth-order valence-electron chi connectivity index (χ4n) is 4.18. The number of anilines is 3. The molecule has 0 spiro atoms. The number of hydrogen-bond donors (Lipinski definition) is 4. The minimum Gasteiger partial charge on any atom is -0.338 e. The molecule has 0 unspecified atom stereocenters. The van der Waals surface area contributed by atoms with Gasteiger partial charge in [-0.2, -0.15) is 0 Å². The number of pyridine rings is 1. The van der Waals surface area contributed by atoms with Crippen LogP contribution < -0.4 is 16.0 Å². The highest BCUT2D eigenvalue weighted by Gasteiger charge is 2.34. The molecule has 1 aliphatic carbocycles. The molecule has 1 aliphatic heterocycles. The molecule has 5 N–H and O–H groups in total. The second-order valence-corrected chi connectivity index (χ2v) is 8.16. The molecule has 0 atom stereocenters. The Labute approximate surface area is 175 Å². The predicted molar refractivity (Wildman–Crippen MR) is 121 cm³/mol. The molecule has 0 radical (unpaired) electrons. The van der Waals surface area contributed by atoms with Crippen molar-refractivity contribution in [1.29, 1.82) is 10.8 Å². The van der Waals surface area contributed by atoms with Gasteiger partial charge < -0.3 is 11.1 Å². The highest BCUT2D eigenvalue weighted by molar-refractivity contribution is 6.30. The molecule has 2 aromatic carbocycles. The molecule has 150 valence electrons. The summed E-state index contributed by atoms with van der Waals surface area (Å²) in [5, 5.41) is 21.2. The van der Waals surface area contributed by atoms with Crippen LogP contribution >= 0.6 is 0 Å². The Morgan fingerprint density at radius 3 is 2.60 bits per heavy atom. The molecule has 0 bridgehead atoms. The molecule has 6 heteroatoms. The highest BCUT2D eigenvalue weighted by atomic mass is 15.2. The van der Waals surface area contributed by atoms with E-state index in [-0.39, 0.29) is 17.2 Å². The number of benzene rings is 2. The average molecular weight is 396 g/mol. The first-order valence-corrected chi connectivity index (χ1v) is 10.2. The second kappa shape index (κ2) is 6.78. The quantitative estimate of drug-likeness (QED) is 0.374. The van der Waals surface area contributed by atoms with Crippen molar-refractivity contribution >= 4 is 28.9 Å². The summed E-state index contributed by atoms with van der Waals surface area (Å²) in [5.41, 5.74) is 11.4. The standard InChI is InChI=1S/C24H24N6/c1-15-5-10-18-19(14-15)29-23-20(4-2-13-28-23)30(22(18)26)21(25)16-6-8-17(9-7-16)24(27)11-3-12-24/h2,4-10,13-14,25-26H,3,11-12,27H2,1H3,(H,28,29). The van der Waals surface area contributed by atoms with Crippen molar-refractivity contribution in [3.8, 4) is 0 Å². The number of amidine groups is 2. The van der Waals surface area contributed by atoms with E-state index in [9.17, 15) is 0 Å². The normalized spacial score (nSPS) is 16.6. The maximum Gasteiger partial charge on any atom is 0.154 e. The van der Waals surface area contributed by atoms with Crippen molar-refractivity contribution in [2.24, 2.45) is 5.73 Å². The summed E-state index contributed by atoms with van der Waals surface area (Å²) in [4.78, 5) is 6.12. The number of fused-ring (bicyclic) bond motifs is 2. The highest BCUT2D eigenvalue weighted by Crippen LogP contribution is 2.39. The number of nitrogens with zero attached hydrogens (tertiary/aromatic N) is 2. The third kappa shape index (κ3) is 2.88. The second-order valence-electron chi connectivity index (χ2n) is 8.16.